The van der Waals surface area contributed by atoms with Crippen molar-refractivity contribution in [1.29, 1.82) is 0 Å². The molecule has 0 unspecified atom stereocenters. The Morgan fingerprint density at radius 2 is 1.79 bits per heavy atom. The number of sulfone groups is 1. The van der Waals surface area contributed by atoms with Crippen LogP contribution in [0, 0.1) is 5.92 Å². The van der Waals surface area contributed by atoms with Crippen molar-refractivity contribution in [1.82, 2.24) is 4.90 Å². The minimum absolute atomic E-state index is 0.0492. The lowest BCUT2D eigenvalue weighted by Gasteiger charge is -2.31. The molecule has 24 heavy (non-hydrogen) atoms. The largest absolute Gasteiger partial charge is 0.449 e. The summed E-state index contributed by atoms with van der Waals surface area (Å²) in [4.78, 5) is 26.3. The lowest BCUT2D eigenvalue weighted by atomic mass is 9.99. The molecule has 0 N–H and O–H groups in total. The minimum Gasteiger partial charge on any atom is -0.449 e. The first-order valence-electron chi connectivity index (χ1n) is 7.99. The number of esters is 1. The molecule has 7 heteroatoms. The summed E-state index contributed by atoms with van der Waals surface area (Å²) < 4.78 is 28.8. The quantitative estimate of drug-likeness (QED) is 0.772. The van der Waals surface area contributed by atoms with Crippen molar-refractivity contribution in [3.8, 4) is 0 Å². The average molecular weight is 353 g/mol. The van der Waals surface area contributed by atoms with Crippen molar-refractivity contribution in [3.05, 3.63) is 29.8 Å². The molecule has 1 aromatic carbocycles. The summed E-state index contributed by atoms with van der Waals surface area (Å²) in [5, 5.41) is 0. The Bertz CT molecular complexity index is 720. The fourth-order valence-electron chi connectivity index (χ4n) is 2.72. The molecule has 0 saturated carbocycles. The predicted molar refractivity (Wildman–Crippen MR) is 89.4 cm³/mol. The van der Waals surface area contributed by atoms with Gasteiger partial charge in [0, 0.05) is 19.3 Å². The van der Waals surface area contributed by atoms with Gasteiger partial charge in [0.1, 0.15) is 0 Å². The maximum atomic E-state index is 12.4. The predicted octanol–water partition coefficient (Wildman–Crippen LogP) is 1.89. The van der Waals surface area contributed by atoms with Gasteiger partial charge in [0.2, 0.25) is 0 Å². The molecule has 1 heterocycles. The Kier molecular flexibility index (Phi) is 5.64. The Morgan fingerprint density at radius 1 is 1.21 bits per heavy atom. The van der Waals surface area contributed by atoms with Crippen LogP contribution in [-0.2, 0) is 19.4 Å². The van der Waals surface area contributed by atoms with Crippen LogP contribution in [0.1, 0.15) is 37.0 Å². The van der Waals surface area contributed by atoms with Crippen LogP contribution in [-0.4, -0.2) is 50.6 Å². The third-order valence-electron chi connectivity index (χ3n) is 4.23. The molecule has 1 aromatic rings. The highest BCUT2D eigenvalue weighted by Crippen LogP contribution is 2.19. The molecule has 1 atom stereocenters. The Balaban J connectivity index is 2.08. The fraction of sp³-hybridized carbons (Fsp3) is 0.529. The number of likely N-dealkylation sites (tertiary alicyclic amines) is 1. The van der Waals surface area contributed by atoms with Gasteiger partial charge in [-0.1, -0.05) is 19.1 Å². The maximum Gasteiger partial charge on any atom is 0.340 e. The molecular formula is C17H23NO5S. The van der Waals surface area contributed by atoms with Gasteiger partial charge >= 0.3 is 5.97 Å². The van der Waals surface area contributed by atoms with Crippen molar-refractivity contribution in [2.75, 3.05) is 19.3 Å². The smallest absolute Gasteiger partial charge is 0.340 e. The van der Waals surface area contributed by atoms with Gasteiger partial charge in [-0.2, -0.15) is 0 Å². The molecule has 1 amide bonds. The summed E-state index contributed by atoms with van der Waals surface area (Å²) in [5.74, 6) is -0.456. The van der Waals surface area contributed by atoms with E-state index < -0.39 is 21.9 Å². The molecule has 0 spiro atoms. The van der Waals surface area contributed by atoms with E-state index in [-0.39, 0.29) is 16.4 Å². The number of rotatable bonds is 4. The Labute approximate surface area is 142 Å². The summed E-state index contributed by atoms with van der Waals surface area (Å²) >= 11 is 0. The van der Waals surface area contributed by atoms with Gasteiger partial charge in [0.05, 0.1) is 10.5 Å². The van der Waals surface area contributed by atoms with Crippen molar-refractivity contribution in [2.24, 2.45) is 5.92 Å². The molecule has 132 valence electrons. The number of hydrogen-bond acceptors (Lipinski definition) is 5. The van der Waals surface area contributed by atoms with Crippen LogP contribution >= 0.6 is 0 Å². The lowest BCUT2D eigenvalue weighted by molar-refractivity contribution is -0.141. The number of hydrogen-bond donors (Lipinski definition) is 0. The summed E-state index contributed by atoms with van der Waals surface area (Å²) in [5.41, 5.74) is -0.0492. The van der Waals surface area contributed by atoms with Crippen LogP contribution in [0.4, 0.5) is 0 Å². The third kappa shape index (κ3) is 4.35. The zero-order chi connectivity index (χ0) is 17.9. The molecule has 0 aliphatic carbocycles. The number of amides is 1. The molecule has 1 aliphatic rings. The molecule has 1 fully saturated rings. The summed E-state index contributed by atoms with van der Waals surface area (Å²) in [6.45, 7) is 4.97. The van der Waals surface area contributed by atoms with E-state index in [0.717, 1.165) is 19.1 Å². The van der Waals surface area contributed by atoms with Gasteiger partial charge < -0.3 is 9.64 Å². The first kappa shape index (κ1) is 18.4. The standard InChI is InChI=1S/C17H23NO5S/c1-12-8-10-18(11-9-12)16(19)13(2)23-17(20)14-6-4-5-7-15(14)24(3,21)22/h4-7,12-13H,8-11H2,1-3H3/t13-/m0/s1. The highest BCUT2D eigenvalue weighted by Gasteiger charge is 2.28. The second-order valence-electron chi connectivity index (χ2n) is 6.32. The Morgan fingerprint density at radius 3 is 2.38 bits per heavy atom. The number of carbonyl (C=O) groups is 2. The summed E-state index contributed by atoms with van der Waals surface area (Å²) in [7, 11) is -3.56. The van der Waals surface area contributed by atoms with Gasteiger partial charge in [-0.05, 0) is 37.8 Å². The monoisotopic (exact) mass is 353 g/mol. The first-order chi connectivity index (χ1) is 11.2. The van der Waals surface area contributed by atoms with E-state index in [9.17, 15) is 18.0 Å². The zero-order valence-corrected chi connectivity index (χ0v) is 15.0. The van der Waals surface area contributed by atoms with E-state index in [4.69, 9.17) is 4.74 Å². The van der Waals surface area contributed by atoms with E-state index in [1.165, 1.54) is 25.1 Å². The molecule has 2 rings (SSSR count). The van der Waals surface area contributed by atoms with Gasteiger partial charge in [-0.15, -0.1) is 0 Å². The van der Waals surface area contributed by atoms with Gasteiger partial charge in [-0.3, -0.25) is 4.79 Å². The van der Waals surface area contributed by atoms with Crippen LogP contribution in [0.3, 0.4) is 0 Å². The van der Waals surface area contributed by atoms with Crippen LogP contribution in [0.25, 0.3) is 0 Å². The molecule has 1 saturated heterocycles. The molecule has 0 radical (unpaired) electrons. The second-order valence-corrected chi connectivity index (χ2v) is 8.31. The van der Waals surface area contributed by atoms with Crippen LogP contribution < -0.4 is 0 Å². The Hall–Kier alpha value is -1.89. The number of benzene rings is 1. The van der Waals surface area contributed by atoms with E-state index in [2.05, 4.69) is 6.92 Å². The van der Waals surface area contributed by atoms with Gasteiger partial charge in [-0.25, -0.2) is 13.2 Å². The molecule has 0 aromatic heterocycles. The van der Waals surface area contributed by atoms with Gasteiger partial charge in [0.15, 0.2) is 15.9 Å². The minimum atomic E-state index is -3.56. The number of carbonyl (C=O) groups excluding carboxylic acids is 2. The first-order valence-corrected chi connectivity index (χ1v) is 9.88. The lowest BCUT2D eigenvalue weighted by Crippen LogP contribution is -2.44. The van der Waals surface area contributed by atoms with Crippen LogP contribution in [0.5, 0.6) is 0 Å². The molecular weight excluding hydrogens is 330 g/mol. The molecule has 6 nitrogen and oxygen atoms in total. The van der Waals surface area contributed by atoms with E-state index in [0.29, 0.717) is 19.0 Å². The van der Waals surface area contributed by atoms with E-state index >= 15 is 0 Å². The fourth-order valence-corrected chi connectivity index (χ4v) is 3.60. The van der Waals surface area contributed by atoms with Crippen molar-refractivity contribution < 1.29 is 22.7 Å². The average Bonchev–Trinajstić information content (AvgIpc) is 2.54. The highest BCUT2D eigenvalue weighted by atomic mass is 32.2. The summed E-state index contributed by atoms with van der Waals surface area (Å²) in [6.07, 6.45) is 1.95. The topological polar surface area (TPSA) is 80.8 Å². The van der Waals surface area contributed by atoms with E-state index in [1.807, 2.05) is 0 Å². The number of ether oxygens (including phenoxy) is 1. The normalized spacial score (nSPS) is 17.4. The van der Waals surface area contributed by atoms with Gasteiger partial charge in [0.25, 0.3) is 5.91 Å². The van der Waals surface area contributed by atoms with Crippen molar-refractivity contribution >= 4 is 21.7 Å². The van der Waals surface area contributed by atoms with Crippen molar-refractivity contribution in [3.63, 3.8) is 0 Å². The molecule has 1 aliphatic heterocycles. The molecule has 0 bridgehead atoms. The SMILES string of the molecule is CC1CCN(C(=O)[C@H](C)OC(=O)c2ccccc2S(C)(=O)=O)CC1. The second kappa shape index (κ2) is 7.34. The highest BCUT2D eigenvalue weighted by molar-refractivity contribution is 7.90. The number of piperidine rings is 1. The van der Waals surface area contributed by atoms with Crippen LogP contribution in [0.2, 0.25) is 0 Å². The summed E-state index contributed by atoms with van der Waals surface area (Å²) in [6, 6.07) is 5.84. The van der Waals surface area contributed by atoms with E-state index in [1.54, 1.807) is 11.0 Å². The van der Waals surface area contributed by atoms with Crippen molar-refractivity contribution in [2.45, 2.75) is 37.7 Å². The third-order valence-corrected chi connectivity index (χ3v) is 5.39. The maximum absolute atomic E-state index is 12.4. The van der Waals surface area contributed by atoms with Crippen LogP contribution in [0.15, 0.2) is 29.2 Å². The zero-order valence-electron chi connectivity index (χ0n) is 14.2. The number of nitrogens with zero attached hydrogens (tertiary/aromatic N) is 1.